The maximum atomic E-state index is 14.7. The van der Waals surface area contributed by atoms with Gasteiger partial charge in [-0.05, 0) is 91.3 Å². The maximum absolute atomic E-state index is 14.7. The van der Waals surface area contributed by atoms with E-state index in [-0.39, 0.29) is 11.2 Å². The Labute approximate surface area is 208 Å². The Bertz CT molecular complexity index is 1040. The number of rotatable bonds is 8. The number of carbonyl (C=O) groups is 1. The van der Waals surface area contributed by atoms with Crippen molar-refractivity contribution in [3.63, 3.8) is 0 Å². The Morgan fingerprint density at radius 3 is 2.43 bits per heavy atom. The van der Waals surface area contributed by atoms with Gasteiger partial charge < -0.3 is 14.8 Å². The summed E-state index contributed by atoms with van der Waals surface area (Å²) in [6, 6.07) is 11.0. The second kappa shape index (κ2) is 10.7. The first kappa shape index (κ1) is 24.3. The molecular weight excluding hydrogens is 441 g/mol. The zero-order valence-electron chi connectivity index (χ0n) is 20.9. The van der Waals surface area contributed by atoms with E-state index in [2.05, 4.69) is 17.4 Å². The van der Waals surface area contributed by atoms with Crippen LogP contribution in [0.2, 0.25) is 0 Å². The summed E-state index contributed by atoms with van der Waals surface area (Å²) in [4.78, 5) is 12.2. The Kier molecular flexibility index (Phi) is 7.43. The lowest BCUT2D eigenvalue weighted by Crippen LogP contribution is -2.43. The average molecular weight is 480 g/mol. The molecule has 4 nitrogen and oxygen atoms in total. The number of ether oxygens (including phenoxy) is 2. The van der Waals surface area contributed by atoms with E-state index in [1.165, 1.54) is 69.4 Å². The van der Waals surface area contributed by atoms with E-state index < -0.39 is 11.7 Å². The van der Waals surface area contributed by atoms with Gasteiger partial charge in [-0.25, -0.2) is 4.39 Å². The van der Waals surface area contributed by atoms with Crippen molar-refractivity contribution in [1.29, 1.82) is 0 Å². The molecule has 1 aliphatic heterocycles. The number of halogens is 1. The molecule has 0 radical (unpaired) electrons. The first-order chi connectivity index (χ1) is 17.0. The number of aryl methyl sites for hydroxylation is 1. The normalized spacial score (nSPS) is 23.9. The Morgan fingerprint density at radius 2 is 1.74 bits per heavy atom. The number of hydrogen-bond donors (Lipinski definition) is 1. The van der Waals surface area contributed by atoms with Crippen LogP contribution in [0.15, 0.2) is 36.4 Å². The summed E-state index contributed by atoms with van der Waals surface area (Å²) in [6.07, 6.45) is 14.2. The third-order valence-corrected chi connectivity index (χ3v) is 8.60. The molecule has 5 rings (SSSR count). The molecule has 1 spiro atoms. The molecule has 1 N–H and O–H groups in total. The zero-order chi connectivity index (χ0) is 24.3. The molecule has 2 saturated carbocycles. The highest BCUT2D eigenvalue weighted by Crippen LogP contribution is 2.45. The highest BCUT2D eigenvalue weighted by Gasteiger charge is 2.40. The Balaban J connectivity index is 1.20. The predicted octanol–water partition coefficient (Wildman–Crippen LogP) is 6.70. The van der Waals surface area contributed by atoms with E-state index in [9.17, 15) is 9.18 Å². The lowest BCUT2D eigenvalue weighted by molar-refractivity contribution is -0.00452. The molecule has 2 aromatic rings. The van der Waals surface area contributed by atoms with Crippen LogP contribution in [0.25, 0.3) is 11.1 Å². The molecule has 188 valence electrons. The van der Waals surface area contributed by atoms with Crippen LogP contribution in [0.4, 0.5) is 4.39 Å². The van der Waals surface area contributed by atoms with Crippen LogP contribution in [0, 0.1) is 17.7 Å². The van der Waals surface area contributed by atoms with Gasteiger partial charge in [0.15, 0.2) is 0 Å². The van der Waals surface area contributed by atoms with E-state index >= 15 is 0 Å². The summed E-state index contributed by atoms with van der Waals surface area (Å²) in [5.41, 5.74) is 2.98. The van der Waals surface area contributed by atoms with Gasteiger partial charge in [0.25, 0.3) is 5.91 Å². The zero-order valence-corrected chi connectivity index (χ0v) is 20.9. The number of amides is 1. The lowest BCUT2D eigenvalue weighted by Gasteiger charge is -2.44. The molecule has 0 aromatic heterocycles. The average Bonchev–Trinajstić information content (AvgIpc) is 2.84. The quantitative estimate of drug-likeness (QED) is 0.429. The molecule has 2 aromatic carbocycles. The van der Waals surface area contributed by atoms with Crippen molar-refractivity contribution in [1.82, 2.24) is 5.32 Å². The molecule has 1 heterocycles. The highest BCUT2D eigenvalue weighted by molar-refractivity contribution is 5.95. The van der Waals surface area contributed by atoms with Crippen molar-refractivity contribution in [2.24, 2.45) is 11.8 Å². The largest absolute Gasteiger partial charge is 0.487 e. The molecule has 0 bridgehead atoms. The van der Waals surface area contributed by atoms with Crippen LogP contribution in [0.3, 0.4) is 0 Å². The summed E-state index contributed by atoms with van der Waals surface area (Å²) in [5.74, 6) is 1.95. The van der Waals surface area contributed by atoms with Gasteiger partial charge in [-0.3, -0.25) is 4.79 Å². The lowest BCUT2D eigenvalue weighted by atomic mass is 9.72. The van der Waals surface area contributed by atoms with Gasteiger partial charge in [0, 0.05) is 13.7 Å². The molecule has 0 unspecified atom stereocenters. The van der Waals surface area contributed by atoms with Crippen LogP contribution in [0.1, 0.15) is 80.1 Å². The van der Waals surface area contributed by atoms with Gasteiger partial charge in [-0.15, -0.1) is 0 Å². The molecule has 1 amide bonds. The van der Waals surface area contributed by atoms with Crippen molar-refractivity contribution in [3.8, 4) is 16.9 Å². The molecule has 0 atom stereocenters. The van der Waals surface area contributed by atoms with Crippen molar-refractivity contribution in [3.05, 3.63) is 53.3 Å². The fourth-order valence-corrected chi connectivity index (χ4v) is 6.04. The van der Waals surface area contributed by atoms with Gasteiger partial charge >= 0.3 is 0 Å². The van der Waals surface area contributed by atoms with Crippen molar-refractivity contribution < 1.29 is 18.7 Å². The molecule has 35 heavy (non-hydrogen) atoms. The summed E-state index contributed by atoms with van der Waals surface area (Å²) < 4.78 is 26.3. The number of hydrogen-bond acceptors (Lipinski definition) is 3. The molecule has 2 fully saturated rings. The topological polar surface area (TPSA) is 47.6 Å². The van der Waals surface area contributed by atoms with Gasteiger partial charge in [-0.2, -0.15) is 0 Å². The van der Waals surface area contributed by atoms with E-state index in [0.29, 0.717) is 13.2 Å². The number of fused-ring (bicyclic) bond motifs is 1. The van der Waals surface area contributed by atoms with E-state index in [1.807, 2.05) is 12.1 Å². The number of methoxy groups -OCH3 is 1. The van der Waals surface area contributed by atoms with Crippen LogP contribution in [-0.2, 0) is 11.2 Å². The maximum Gasteiger partial charge on any atom is 0.254 e. The second-order valence-corrected chi connectivity index (χ2v) is 10.9. The van der Waals surface area contributed by atoms with E-state index in [4.69, 9.17) is 9.47 Å². The predicted molar refractivity (Wildman–Crippen MR) is 136 cm³/mol. The van der Waals surface area contributed by atoms with Crippen molar-refractivity contribution in [2.45, 2.75) is 76.2 Å². The highest BCUT2D eigenvalue weighted by atomic mass is 19.1. The second-order valence-electron chi connectivity index (χ2n) is 10.9. The molecular formula is C30H38FNO3. The smallest absolute Gasteiger partial charge is 0.254 e. The standard InChI is InChI=1S/C30H38FNO3/c1-34-18-17-32-29(33)26-9-7-24(20-27(26)31)23-8-10-28-25(19-23)13-16-30(35-28)14-11-22(12-15-30)6-5-21-3-2-4-21/h7-10,19-22H,2-6,11-18H2,1H3,(H,32,33). The Hall–Kier alpha value is -2.40. The van der Waals surface area contributed by atoms with E-state index in [1.54, 1.807) is 13.2 Å². The number of nitrogens with one attached hydrogen (secondary N) is 1. The third-order valence-electron chi connectivity index (χ3n) is 8.60. The molecule has 5 heteroatoms. The first-order valence-corrected chi connectivity index (χ1v) is 13.4. The van der Waals surface area contributed by atoms with Crippen LogP contribution >= 0.6 is 0 Å². The fourth-order valence-electron chi connectivity index (χ4n) is 6.04. The minimum absolute atomic E-state index is 0.00538. The number of benzene rings is 2. The fraction of sp³-hybridized carbons (Fsp3) is 0.567. The van der Waals surface area contributed by atoms with Gasteiger partial charge in [-0.1, -0.05) is 44.2 Å². The molecule has 0 saturated heterocycles. The minimum Gasteiger partial charge on any atom is -0.487 e. The van der Waals surface area contributed by atoms with Gasteiger partial charge in [0.05, 0.1) is 12.2 Å². The SMILES string of the molecule is COCCNC(=O)c1ccc(-c2ccc3c(c2)CCC2(CCC(CCC4CCC4)CC2)O3)cc1F. The number of carbonyl (C=O) groups excluding carboxylic acids is 1. The monoisotopic (exact) mass is 479 g/mol. The van der Waals surface area contributed by atoms with E-state index in [0.717, 1.165) is 41.6 Å². The van der Waals surface area contributed by atoms with Crippen LogP contribution in [-0.4, -0.2) is 31.8 Å². The summed E-state index contributed by atoms with van der Waals surface area (Å²) in [5, 5.41) is 2.67. The molecule has 2 aliphatic carbocycles. The molecule has 3 aliphatic rings. The summed E-state index contributed by atoms with van der Waals surface area (Å²) in [7, 11) is 1.56. The van der Waals surface area contributed by atoms with Gasteiger partial charge in [0.1, 0.15) is 17.2 Å². The minimum atomic E-state index is -0.514. The Morgan fingerprint density at radius 1 is 1.03 bits per heavy atom. The van der Waals surface area contributed by atoms with Crippen LogP contribution in [0.5, 0.6) is 5.75 Å². The van der Waals surface area contributed by atoms with Gasteiger partial charge in [0.2, 0.25) is 0 Å². The third kappa shape index (κ3) is 5.55. The van der Waals surface area contributed by atoms with Crippen LogP contribution < -0.4 is 10.1 Å². The van der Waals surface area contributed by atoms with Crippen molar-refractivity contribution in [2.75, 3.05) is 20.3 Å². The van der Waals surface area contributed by atoms with Crippen molar-refractivity contribution >= 4 is 5.91 Å². The summed E-state index contributed by atoms with van der Waals surface area (Å²) >= 11 is 0. The first-order valence-electron chi connectivity index (χ1n) is 13.4. The summed E-state index contributed by atoms with van der Waals surface area (Å²) in [6.45, 7) is 0.745.